The highest BCUT2D eigenvalue weighted by atomic mass is 127. The zero-order valence-electron chi connectivity index (χ0n) is 3.79. The maximum absolute atomic E-state index is 10.3. The summed E-state index contributed by atoms with van der Waals surface area (Å²) < 4.78 is 0.878. The van der Waals surface area contributed by atoms with Crippen LogP contribution in [0.15, 0.2) is 0 Å². The lowest BCUT2D eigenvalue weighted by molar-refractivity contribution is -0.116. The summed E-state index contributed by atoms with van der Waals surface area (Å²) in [6.45, 7) is 0. The largest absolute Gasteiger partial charge is 0.298 e. The number of rotatable bonds is 3. The van der Waals surface area contributed by atoms with Crippen LogP contribution in [0.3, 0.4) is 0 Å². The van der Waals surface area contributed by atoms with E-state index in [0.29, 0.717) is 6.42 Å². The van der Waals surface area contributed by atoms with Crippen LogP contribution < -0.4 is 0 Å². The van der Waals surface area contributed by atoms with Gasteiger partial charge in [0.15, 0.2) is 0 Å². The molecule has 0 heterocycles. The van der Waals surface area contributed by atoms with Gasteiger partial charge in [0.2, 0.25) is 0 Å². The van der Waals surface area contributed by atoms with Crippen molar-refractivity contribution in [1.29, 1.82) is 0 Å². The molecule has 0 radical (unpaired) electrons. The number of carbonyl (C=O) groups excluding carboxylic acids is 1. The first-order valence-electron chi connectivity index (χ1n) is 1.95. The van der Waals surface area contributed by atoms with E-state index in [1.165, 1.54) is 0 Å². The lowest BCUT2D eigenvalue weighted by Gasteiger charge is -1.84. The number of alkyl halides is 2. The first kappa shape index (κ1) is 7.69. The molecule has 0 fully saturated rings. The Kier molecular flexibility index (Phi) is 5.32. The van der Waals surface area contributed by atoms with E-state index < -0.39 is 0 Å². The zero-order chi connectivity index (χ0) is 5.70. The third kappa shape index (κ3) is 4.55. The van der Waals surface area contributed by atoms with Crippen LogP contribution in [0.1, 0.15) is 6.42 Å². The van der Waals surface area contributed by atoms with Gasteiger partial charge < -0.3 is 0 Å². The Morgan fingerprint density at radius 3 is 2.43 bits per heavy atom. The summed E-state index contributed by atoms with van der Waals surface area (Å²) in [5.41, 5.74) is 0. The molecule has 0 bridgehead atoms. The first-order chi connectivity index (χ1) is 3.31. The smallest absolute Gasteiger partial charge is 0.148 e. The van der Waals surface area contributed by atoms with Gasteiger partial charge in [-0.1, -0.05) is 22.6 Å². The van der Waals surface area contributed by atoms with Gasteiger partial charge in [0.1, 0.15) is 5.78 Å². The average Bonchev–Trinajstić information content (AvgIpc) is 1.68. The van der Waals surface area contributed by atoms with Crippen LogP contribution in [-0.4, -0.2) is 16.1 Å². The molecular weight excluding hydrogens is 226 g/mol. The number of Topliss-reactive ketones (excluding diaryl/α,β-unsaturated/α-hetero) is 1. The minimum absolute atomic E-state index is 0.135. The normalized spacial score (nSPS) is 8.86. The summed E-state index contributed by atoms with van der Waals surface area (Å²) in [6.07, 6.45) is 0.615. The maximum atomic E-state index is 10.3. The van der Waals surface area contributed by atoms with Gasteiger partial charge in [-0.3, -0.25) is 4.79 Å². The van der Waals surface area contributed by atoms with Crippen LogP contribution in [-0.2, 0) is 4.79 Å². The second-order valence-corrected chi connectivity index (χ2v) is 2.46. The summed E-state index contributed by atoms with van der Waals surface area (Å²) in [4.78, 5) is 10.3. The molecule has 0 aliphatic carbocycles. The van der Waals surface area contributed by atoms with E-state index >= 15 is 0 Å². The Morgan fingerprint density at radius 1 is 1.71 bits per heavy atom. The highest BCUT2D eigenvalue weighted by Gasteiger charge is 1.93. The number of ketones is 1. The van der Waals surface area contributed by atoms with Gasteiger partial charge in [-0.05, 0) is 0 Å². The van der Waals surface area contributed by atoms with Crippen molar-refractivity contribution in [2.24, 2.45) is 0 Å². The Balaban J connectivity index is 3.00. The highest BCUT2D eigenvalue weighted by molar-refractivity contribution is 14.1. The fourth-order valence-corrected chi connectivity index (χ4v) is 0.907. The predicted octanol–water partition coefficient (Wildman–Crippen LogP) is 1.62. The third-order valence-corrected chi connectivity index (χ3v) is 1.36. The van der Waals surface area contributed by atoms with Crippen LogP contribution in [0.2, 0.25) is 0 Å². The molecule has 0 aromatic heterocycles. The molecule has 3 heteroatoms. The van der Waals surface area contributed by atoms with Gasteiger partial charge >= 0.3 is 0 Å². The van der Waals surface area contributed by atoms with Crippen molar-refractivity contribution in [3.05, 3.63) is 0 Å². The van der Waals surface area contributed by atoms with Crippen molar-refractivity contribution in [1.82, 2.24) is 0 Å². The lowest BCUT2D eigenvalue weighted by atomic mass is 10.4. The van der Waals surface area contributed by atoms with Gasteiger partial charge in [-0.25, -0.2) is 0 Å². The van der Waals surface area contributed by atoms with E-state index in [2.05, 4.69) is 22.6 Å². The summed E-state index contributed by atoms with van der Waals surface area (Å²) in [6, 6.07) is 0. The summed E-state index contributed by atoms with van der Waals surface area (Å²) in [7, 11) is 0. The van der Waals surface area contributed by atoms with Crippen molar-refractivity contribution >= 4 is 40.0 Å². The van der Waals surface area contributed by atoms with Crippen molar-refractivity contribution in [2.45, 2.75) is 6.42 Å². The van der Waals surface area contributed by atoms with Gasteiger partial charge in [0.25, 0.3) is 0 Å². The Bertz CT molecular complexity index is 64.7. The minimum atomic E-state index is 0.135. The molecule has 0 aliphatic rings. The fourth-order valence-electron chi connectivity index (χ4n) is 0.172. The Hall–Kier alpha value is 0.690. The summed E-state index contributed by atoms with van der Waals surface area (Å²) >= 11 is 7.32. The van der Waals surface area contributed by atoms with Gasteiger partial charge in [0, 0.05) is 10.8 Å². The average molecular weight is 232 g/mol. The zero-order valence-corrected chi connectivity index (χ0v) is 6.70. The summed E-state index contributed by atoms with van der Waals surface area (Å²) in [5.74, 6) is 0.305. The van der Waals surface area contributed by atoms with Crippen LogP contribution in [0.25, 0.3) is 0 Å². The number of carbonyl (C=O) groups is 1. The molecule has 0 atom stereocenters. The molecule has 0 rings (SSSR count). The van der Waals surface area contributed by atoms with Crippen LogP contribution in [0, 0.1) is 0 Å². The number of halogens is 2. The fraction of sp³-hybridized carbons (Fsp3) is 0.750. The second kappa shape index (κ2) is 4.84. The molecule has 42 valence electrons. The van der Waals surface area contributed by atoms with Crippen LogP contribution in [0.5, 0.6) is 0 Å². The molecule has 0 unspecified atom stereocenters. The van der Waals surface area contributed by atoms with Gasteiger partial charge in [0.05, 0.1) is 5.88 Å². The van der Waals surface area contributed by atoms with E-state index in [9.17, 15) is 4.79 Å². The van der Waals surface area contributed by atoms with Crippen molar-refractivity contribution in [3.8, 4) is 0 Å². The Morgan fingerprint density at radius 2 is 2.29 bits per heavy atom. The maximum Gasteiger partial charge on any atom is 0.148 e. The number of hydrogen-bond donors (Lipinski definition) is 0. The van der Waals surface area contributed by atoms with E-state index in [-0.39, 0.29) is 11.7 Å². The molecular formula is C4H6ClIO. The van der Waals surface area contributed by atoms with Gasteiger partial charge in [-0.15, -0.1) is 11.6 Å². The molecule has 0 aromatic carbocycles. The minimum Gasteiger partial charge on any atom is -0.298 e. The highest BCUT2D eigenvalue weighted by Crippen LogP contribution is 1.91. The molecule has 0 saturated heterocycles. The molecule has 0 saturated carbocycles. The van der Waals surface area contributed by atoms with E-state index in [1.54, 1.807) is 0 Å². The third-order valence-electron chi connectivity index (χ3n) is 0.522. The quantitative estimate of drug-likeness (QED) is 0.534. The van der Waals surface area contributed by atoms with Crippen molar-refractivity contribution < 1.29 is 4.79 Å². The van der Waals surface area contributed by atoms with Gasteiger partial charge in [-0.2, -0.15) is 0 Å². The lowest BCUT2D eigenvalue weighted by Crippen LogP contribution is -1.97. The van der Waals surface area contributed by atoms with Crippen molar-refractivity contribution in [2.75, 3.05) is 10.3 Å². The standard InChI is InChI=1S/C4H6ClIO/c5-3-4(7)1-2-6/h1-3H2. The molecule has 0 aliphatic heterocycles. The van der Waals surface area contributed by atoms with Crippen molar-refractivity contribution in [3.63, 3.8) is 0 Å². The monoisotopic (exact) mass is 232 g/mol. The molecule has 1 nitrogen and oxygen atoms in total. The SMILES string of the molecule is O=C(CCl)CCI. The van der Waals surface area contributed by atoms with Crippen LogP contribution in [0.4, 0.5) is 0 Å². The summed E-state index contributed by atoms with van der Waals surface area (Å²) in [5, 5.41) is 0. The van der Waals surface area contributed by atoms with E-state index in [0.717, 1.165) is 4.43 Å². The molecule has 0 aromatic rings. The predicted molar refractivity (Wildman–Crippen MR) is 39.2 cm³/mol. The molecule has 7 heavy (non-hydrogen) atoms. The molecule has 0 spiro atoms. The number of hydrogen-bond acceptors (Lipinski definition) is 1. The van der Waals surface area contributed by atoms with E-state index in [1.807, 2.05) is 0 Å². The molecule has 0 N–H and O–H groups in total. The first-order valence-corrected chi connectivity index (χ1v) is 4.01. The second-order valence-electron chi connectivity index (χ2n) is 1.11. The topological polar surface area (TPSA) is 17.1 Å². The molecule has 0 amide bonds. The van der Waals surface area contributed by atoms with Crippen LogP contribution >= 0.6 is 34.2 Å². The van der Waals surface area contributed by atoms with E-state index in [4.69, 9.17) is 11.6 Å². The Labute approximate surface area is 61.6 Å².